The molecule has 0 saturated carbocycles. The van der Waals surface area contributed by atoms with E-state index in [2.05, 4.69) is 15.9 Å². The van der Waals surface area contributed by atoms with Gasteiger partial charge in [0.25, 0.3) is 11.1 Å². The van der Waals surface area contributed by atoms with E-state index in [0.717, 1.165) is 29.5 Å². The zero-order valence-corrected chi connectivity index (χ0v) is 17.5. The lowest BCUT2D eigenvalue weighted by Gasteiger charge is -2.18. The Balaban J connectivity index is 1.84. The van der Waals surface area contributed by atoms with Gasteiger partial charge in [0.2, 0.25) is 5.91 Å². The van der Waals surface area contributed by atoms with E-state index in [0.29, 0.717) is 23.1 Å². The minimum Gasteiger partial charge on any atom is -0.503 e. The third-order valence-electron chi connectivity index (χ3n) is 4.31. The number of methoxy groups -OCH3 is 1. The van der Waals surface area contributed by atoms with Crippen LogP contribution in [0, 0.1) is 0 Å². The first-order valence-electron chi connectivity index (χ1n) is 8.11. The van der Waals surface area contributed by atoms with Crippen molar-refractivity contribution in [1.82, 2.24) is 9.80 Å². The lowest BCUT2D eigenvalue weighted by atomic mass is 10.1. The van der Waals surface area contributed by atoms with E-state index in [1.54, 1.807) is 4.90 Å². The normalized spacial score (nSPS) is 18.7. The van der Waals surface area contributed by atoms with Gasteiger partial charge in [-0.1, -0.05) is 11.6 Å². The van der Waals surface area contributed by atoms with E-state index in [1.165, 1.54) is 19.3 Å². The number of ether oxygens (including phenoxy) is 1. The number of hydrogen-bond acceptors (Lipinski definition) is 6. The van der Waals surface area contributed by atoms with Gasteiger partial charge in [-0.15, -0.1) is 0 Å². The van der Waals surface area contributed by atoms with E-state index in [4.69, 9.17) is 16.3 Å². The maximum Gasteiger partial charge on any atom is 0.294 e. The molecule has 2 saturated heterocycles. The average molecular weight is 476 g/mol. The highest BCUT2D eigenvalue weighted by Crippen LogP contribution is 2.43. The maximum absolute atomic E-state index is 12.6. The molecule has 144 valence electrons. The minimum absolute atomic E-state index is 0.0315. The van der Waals surface area contributed by atoms with Crippen LogP contribution in [-0.2, 0) is 9.59 Å². The predicted molar refractivity (Wildman–Crippen MR) is 106 cm³/mol. The number of halogens is 2. The number of phenolic OH excluding ortho intramolecular Hbond substituents is 1. The summed E-state index contributed by atoms with van der Waals surface area (Å²) in [4.78, 5) is 39.9. The first-order valence-corrected chi connectivity index (χ1v) is 10.1. The third-order valence-corrected chi connectivity index (χ3v) is 6.66. The van der Waals surface area contributed by atoms with Gasteiger partial charge in [-0.3, -0.25) is 19.3 Å². The second-order valence-corrected chi connectivity index (χ2v) is 8.16. The average Bonchev–Trinajstić information content (AvgIpc) is 3.27. The van der Waals surface area contributed by atoms with Crippen LogP contribution < -0.4 is 4.74 Å². The van der Waals surface area contributed by atoms with Crippen molar-refractivity contribution in [3.63, 3.8) is 0 Å². The summed E-state index contributed by atoms with van der Waals surface area (Å²) in [7, 11) is 1.38. The molecule has 0 atom stereocenters. The second-order valence-electron chi connectivity index (χ2n) is 6.00. The molecule has 2 fully saturated rings. The van der Waals surface area contributed by atoms with Crippen molar-refractivity contribution < 1.29 is 24.2 Å². The van der Waals surface area contributed by atoms with Gasteiger partial charge in [0.05, 0.1) is 12.0 Å². The Kier molecular flexibility index (Phi) is 6.02. The molecule has 7 nitrogen and oxygen atoms in total. The molecule has 0 bridgehead atoms. The van der Waals surface area contributed by atoms with Crippen LogP contribution in [0.5, 0.6) is 11.5 Å². The number of phenols is 1. The molecule has 1 N–H and O–H groups in total. The molecule has 3 amide bonds. The van der Waals surface area contributed by atoms with Gasteiger partial charge >= 0.3 is 0 Å². The molecule has 0 aromatic heterocycles. The molecule has 3 rings (SSSR count). The SMILES string of the molecule is COc1cc(/C=C2/SC(=O)N(CC(=O)N3CCCC3)C2=O)c(Br)c(Cl)c1O. The number of rotatable bonds is 4. The van der Waals surface area contributed by atoms with Gasteiger partial charge in [0.15, 0.2) is 11.5 Å². The number of thioether (sulfide) groups is 1. The number of carbonyl (C=O) groups is 3. The first kappa shape index (κ1) is 20.0. The summed E-state index contributed by atoms with van der Waals surface area (Å²) < 4.78 is 5.42. The van der Waals surface area contributed by atoms with E-state index >= 15 is 0 Å². The Bertz CT molecular complexity index is 854. The predicted octanol–water partition coefficient (Wildman–Crippen LogP) is 3.48. The molecule has 1 aromatic carbocycles. The van der Waals surface area contributed by atoms with Crippen molar-refractivity contribution in [3.8, 4) is 11.5 Å². The maximum atomic E-state index is 12.6. The van der Waals surface area contributed by atoms with Crippen molar-refractivity contribution in [2.75, 3.05) is 26.7 Å². The largest absolute Gasteiger partial charge is 0.503 e. The number of amides is 3. The van der Waals surface area contributed by atoms with Gasteiger partial charge < -0.3 is 14.7 Å². The number of benzene rings is 1. The summed E-state index contributed by atoms with van der Waals surface area (Å²) in [6.07, 6.45) is 3.35. The van der Waals surface area contributed by atoms with Crippen LogP contribution >= 0.6 is 39.3 Å². The van der Waals surface area contributed by atoms with Crippen molar-refractivity contribution in [2.45, 2.75) is 12.8 Å². The number of likely N-dealkylation sites (tertiary alicyclic amines) is 1. The number of imide groups is 1. The Hall–Kier alpha value is -1.71. The van der Waals surface area contributed by atoms with E-state index in [-0.39, 0.29) is 33.9 Å². The number of carbonyl (C=O) groups excluding carboxylic acids is 3. The number of aromatic hydroxyl groups is 1. The van der Waals surface area contributed by atoms with Gasteiger partial charge in [0.1, 0.15) is 11.6 Å². The van der Waals surface area contributed by atoms with Gasteiger partial charge in [0, 0.05) is 17.6 Å². The fourth-order valence-electron chi connectivity index (χ4n) is 2.85. The molecule has 0 spiro atoms. The summed E-state index contributed by atoms with van der Waals surface area (Å²) in [5.41, 5.74) is 0.464. The Morgan fingerprint density at radius 3 is 2.70 bits per heavy atom. The van der Waals surface area contributed by atoms with Crippen molar-refractivity contribution in [2.24, 2.45) is 0 Å². The monoisotopic (exact) mass is 474 g/mol. The van der Waals surface area contributed by atoms with Crippen LogP contribution in [0.15, 0.2) is 15.4 Å². The van der Waals surface area contributed by atoms with Gasteiger partial charge in [-0.25, -0.2) is 0 Å². The Morgan fingerprint density at radius 1 is 1.41 bits per heavy atom. The number of hydrogen-bond donors (Lipinski definition) is 1. The minimum atomic E-state index is -0.535. The molecular formula is C17H16BrClN2O5S. The quantitative estimate of drug-likeness (QED) is 0.671. The van der Waals surface area contributed by atoms with Crippen LogP contribution in [0.3, 0.4) is 0 Å². The van der Waals surface area contributed by atoms with E-state index in [1.807, 2.05) is 0 Å². The van der Waals surface area contributed by atoms with Crippen molar-refractivity contribution in [3.05, 3.63) is 26.0 Å². The molecule has 10 heteroatoms. The molecule has 0 radical (unpaired) electrons. The molecule has 0 unspecified atom stereocenters. The van der Waals surface area contributed by atoms with Gasteiger partial charge in [-0.2, -0.15) is 0 Å². The summed E-state index contributed by atoms with van der Waals surface area (Å²) in [6.45, 7) is 1.05. The third kappa shape index (κ3) is 3.95. The fraction of sp³-hybridized carbons (Fsp3) is 0.353. The lowest BCUT2D eigenvalue weighted by Crippen LogP contribution is -2.40. The van der Waals surface area contributed by atoms with Crippen LogP contribution in [0.2, 0.25) is 5.02 Å². The van der Waals surface area contributed by atoms with Crippen LogP contribution in [-0.4, -0.2) is 58.7 Å². The van der Waals surface area contributed by atoms with Crippen LogP contribution in [0.4, 0.5) is 4.79 Å². The van der Waals surface area contributed by atoms with E-state index < -0.39 is 11.1 Å². The van der Waals surface area contributed by atoms with Crippen LogP contribution in [0.1, 0.15) is 18.4 Å². The summed E-state index contributed by atoms with van der Waals surface area (Å²) >= 11 is 10.1. The highest BCUT2D eigenvalue weighted by Gasteiger charge is 2.37. The molecule has 27 heavy (non-hydrogen) atoms. The smallest absolute Gasteiger partial charge is 0.294 e. The topological polar surface area (TPSA) is 87.2 Å². The number of nitrogens with zero attached hydrogens (tertiary/aromatic N) is 2. The van der Waals surface area contributed by atoms with Crippen molar-refractivity contribution in [1.29, 1.82) is 0 Å². The standard InChI is InChI=1S/C17H16BrClN2O5S/c1-26-10-6-9(13(18)14(19)15(10)23)7-11-16(24)21(17(25)27-11)8-12(22)20-4-2-3-5-20/h6-7,23H,2-5,8H2,1H3/b11-7+. The summed E-state index contributed by atoms with van der Waals surface area (Å²) in [5, 5.41) is 9.46. The highest BCUT2D eigenvalue weighted by molar-refractivity contribution is 9.10. The Labute approximate surface area is 173 Å². The van der Waals surface area contributed by atoms with E-state index in [9.17, 15) is 19.5 Å². The zero-order chi connectivity index (χ0) is 19.7. The fourth-order valence-corrected chi connectivity index (χ4v) is 4.30. The second kappa shape index (κ2) is 8.12. The zero-order valence-electron chi connectivity index (χ0n) is 14.3. The highest BCUT2D eigenvalue weighted by atomic mass is 79.9. The molecule has 2 heterocycles. The molecule has 0 aliphatic carbocycles. The molecular weight excluding hydrogens is 460 g/mol. The lowest BCUT2D eigenvalue weighted by molar-refractivity contribution is -0.135. The Morgan fingerprint density at radius 2 is 2.07 bits per heavy atom. The molecule has 2 aliphatic heterocycles. The van der Waals surface area contributed by atoms with Gasteiger partial charge in [-0.05, 0) is 58.2 Å². The summed E-state index contributed by atoms with van der Waals surface area (Å²) in [6, 6.07) is 1.49. The van der Waals surface area contributed by atoms with Crippen molar-refractivity contribution >= 4 is 62.4 Å². The molecule has 2 aliphatic rings. The first-order chi connectivity index (χ1) is 12.8. The summed E-state index contributed by atoms with van der Waals surface area (Å²) in [5.74, 6) is -0.857. The van der Waals surface area contributed by atoms with Crippen LogP contribution in [0.25, 0.3) is 6.08 Å². The molecule has 1 aromatic rings.